The lowest BCUT2D eigenvalue weighted by Crippen LogP contribution is -2.32. The summed E-state index contributed by atoms with van der Waals surface area (Å²) in [5, 5.41) is 3.11. The average molecular weight is 264 g/mol. The lowest BCUT2D eigenvalue weighted by Gasteiger charge is -2.27. The zero-order valence-corrected chi connectivity index (χ0v) is 12.2. The summed E-state index contributed by atoms with van der Waals surface area (Å²) < 4.78 is 13.9. The summed E-state index contributed by atoms with van der Waals surface area (Å²) >= 11 is 0. The predicted octanol–water partition coefficient (Wildman–Crippen LogP) is 3.17. The van der Waals surface area contributed by atoms with Gasteiger partial charge in [-0.15, -0.1) is 0 Å². The van der Waals surface area contributed by atoms with E-state index in [-0.39, 0.29) is 5.82 Å². The molecule has 1 saturated carbocycles. The molecule has 0 spiro atoms. The molecule has 1 aromatic rings. The molecule has 2 nitrogen and oxygen atoms in total. The summed E-state index contributed by atoms with van der Waals surface area (Å²) in [5.41, 5.74) is 1.97. The van der Waals surface area contributed by atoms with Crippen molar-refractivity contribution < 1.29 is 4.39 Å². The van der Waals surface area contributed by atoms with Crippen LogP contribution in [0, 0.1) is 11.7 Å². The summed E-state index contributed by atoms with van der Waals surface area (Å²) in [5.74, 6) is 0.757. The largest absolute Gasteiger partial charge is 0.316 e. The van der Waals surface area contributed by atoms with Crippen LogP contribution in [-0.2, 0) is 13.1 Å². The van der Waals surface area contributed by atoms with Gasteiger partial charge >= 0.3 is 0 Å². The van der Waals surface area contributed by atoms with E-state index in [0.717, 1.165) is 36.7 Å². The molecule has 0 heterocycles. The van der Waals surface area contributed by atoms with Gasteiger partial charge in [0.1, 0.15) is 5.82 Å². The van der Waals surface area contributed by atoms with E-state index in [0.29, 0.717) is 6.04 Å². The van der Waals surface area contributed by atoms with E-state index < -0.39 is 0 Å². The van der Waals surface area contributed by atoms with Crippen LogP contribution in [0.5, 0.6) is 0 Å². The number of hydrogen-bond donors (Lipinski definition) is 1. The zero-order chi connectivity index (χ0) is 13.8. The first kappa shape index (κ1) is 14.5. The summed E-state index contributed by atoms with van der Waals surface area (Å²) in [6.45, 7) is 7.00. The van der Waals surface area contributed by atoms with Gasteiger partial charge in [0.15, 0.2) is 0 Å². The van der Waals surface area contributed by atoms with Gasteiger partial charge in [-0.2, -0.15) is 0 Å². The number of nitrogens with one attached hydrogen (secondary N) is 1. The minimum atomic E-state index is -0.0821. The van der Waals surface area contributed by atoms with Gasteiger partial charge in [-0.05, 0) is 51.3 Å². The van der Waals surface area contributed by atoms with Crippen molar-refractivity contribution in [3.8, 4) is 0 Å². The minimum Gasteiger partial charge on any atom is -0.316 e. The Hall–Kier alpha value is -0.930. The molecule has 106 valence electrons. The molecular weight excluding hydrogens is 239 g/mol. The van der Waals surface area contributed by atoms with Gasteiger partial charge in [0.25, 0.3) is 0 Å². The van der Waals surface area contributed by atoms with Gasteiger partial charge < -0.3 is 5.32 Å². The molecule has 3 heteroatoms. The highest BCUT2D eigenvalue weighted by Gasteiger charge is 2.25. The fourth-order valence-electron chi connectivity index (χ4n) is 2.37. The molecule has 0 aliphatic heterocycles. The van der Waals surface area contributed by atoms with E-state index in [4.69, 9.17) is 0 Å². The van der Waals surface area contributed by atoms with Gasteiger partial charge in [-0.3, -0.25) is 4.90 Å². The fraction of sp³-hybridized carbons (Fsp3) is 0.625. The minimum absolute atomic E-state index is 0.0821. The molecule has 0 aromatic heterocycles. The molecule has 0 unspecified atom stereocenters. The first-order chi connectivity index (χ1) is 9.10. The van der Waals surface area contributed by atoms with Crippen LogP contribution in [-0.4, -0.2) is 24.5 Å². The molecule has 0 saturated heterocycles. The van der Waals surface area contributed by atoms with Crippen LogP contribution in [0.4, 0.5) is 4.39 Å². The van der Waals surface area contributed by atoms with Crippen molar-refractivity contribution in [1.82, 2.24) is 10.2 Å². The van der Waals surface area contributed by atoms with Crippen LogP contribution in [0.2, 0.25) is 0 Å². The maximum Gasteiger partial charge on any atom is 0.127 e. The second kappa shape index (κ2) is 6.49. The third-order valence-electron chi connectivity index (χ3n) is 3.78. The Morgan fingerprint density at radius 2 is 2.11 bits per heavy atom. The zero-order valence-electron chi connectivity index (χ0n) is 12.2. The molecule has 0 amide bonds. The van der Waals surface area contributed by atoms with Crippen molar-refractivity contribution in [2.24, 2.45) is 5.92 Å². The molecule has 1 N–H and O–H groups in total. The first-order valence-corrected chi connectivity index (χ1v) is 7.26. The highest BCUT2D eigenvalue weighted by atomic mass is 19.1. The van der Waals surface area contributed by atoms with Crippen LogP contribution in [0.1, 0.15) is 37.8 Å². The Balaban J connectivity index is 2.07. The van der Waals surface area contributed by atoms with E-state index >= 15 is 0 Å². The lowest BCUT2D eigenvalue weighted by atomic mass is 10.1. The number of rotatable bonds is 7. The van der Waals surface area contributed by atoms with Gasteiger partial charge in [0.2, 0.25) is 0 Å². The smallest absolute Gasteiger partial charge is 0.127 e. The highest BCUT2D eigenvalue weighted by Crippen LogP contribution is 2.31. The van der Waals surface area contributed by atoms with Crippen molar-refractivity contribution in [3.05, 3.63) is 35.1 Å². The summed E-state index contributed by atoms with van der Waals surface area (Å²) in [6.07, 6.45) is 2.68. The van der Waals surface area contributed by atoms with E-state index in [1.807, 2.05) is 19.2 Å². The quantitative estimate of drug-likeness (QED) is 0.814. The van der Waals surface area contributed by atoms with Crippen molar-refractivity contribution in [3.63, 3.8) is 0 Å². The van der Waals surface area contributed by atoms with Crippen LogP contribution in [0.15, 0.2) is 18.2 Å². The summed E-state index contributed by atoms with van der Waals surface area (Å²) in [7, 11) is 1.91. The molecule has 19 heavy (non-hydrogen) atoms. The van der Waals surface area contributed by atoms with E-state index in [9.17, 15) is 4.39 Å². The number of hydrogen-bond acceptors (Lipinski definition) is 2. The number of benzene rings is 1. The van der Waals surface area contributed by atoms with Crippen molar-refractivity contribution >= 4 is 0 Å². The molecule has 1 fully saturated rings. The van der Waals surface area contributed by atoms with Gasteiger partial charge in [0.05, 0.1) is 0 Å². The molecule has 1 aliphatic rings. The van der Waals surface area contributed by atoms with Gasteiger partial charge in [-0.1, -0.05) is 12.1 Å². The maximum absolute atomic E-state index is 13.9. The first-order valence-electron chi connectivity index (χ1n) is 7.26. The Morgan fingerprint density at radius 1 is 1.37 bits per heavy atom. The topological polar surface area (TPSA) is 15.3 Å². The monoisotopic (exact) mass is 264 g/mol. The average Bonchev–Trinajstić information content (AvgIpc) is 3.16. The van der Waals surface area contributed by atoms with Crippen LogP contribution >= 0.6 is 0 Å². The number of nitrogens with zero attached hydrogens (tertiary/aromatic N) is 1. The molecule has 2 rings (SSSR count). The second-order valence-corrected chi connectivity index (χ2v) is 5.92. The second-order valence-electron chi connectivity index (χ2n) is 5.92. The fourth-order valence-corrected chi connectivity index (χ4v) is 2.37. The van der Waals surface area contributed by atoms with E-state index in [2.05, 4.69) is 24.1 Å². The maximum atomic E-state index is 13.9. The Kier molecular flexibility index (Phi) is 4.94. The standard InChI is InChI=1S/C16H25FN2/c1-12(2)19(10-13-4-5-13)11-15-8-14(9-18-3)6-7-16(15)17/h6-8,12-13,18H,4-5,9-11H2,1-3H3. The normalized spacial score (nSPS) is 15.5. The van der Waals surface area contributed by atoms with Gasteiger partial charge in [0, 0.05) is 31.2 Å². The van der Waals surface area contributed by atoms with Crippen LogP contribution in [0.3, 0.4) is 0 Å². The molecule has 1 aliphatic carbocycles. The highest BCUT2D eigenvalue weighted by molar-refractivity contribution is 5.25. The Bertz CT molecular complexity index is 413. The van der Waals surface area contributed by atoms with Gasteiger partial charge in [-0.25, -0.2) is 4.39 Å². The molecule has 0 bridgehead atoms. The molecule has 0 atom stereocenters. The number of halogens is 1. The Morgan fingerprint density at radius 3 is 2.68 bits per heavy atom. The SMILES string of the molecule is CNCc1ccc(F)c(CN(CC2CC2)C(C)C)c1. The van der Waals surface area contributed by atoms with E-state index in [1.54, 1.807) is 6.07 Å². The van der Waals surface area contributed by atoms with Crippen LogP contribution in [0.25, 0.3) is 0 Å². The van der Waals surface area contributed by atoms with E-state index in [1.165, 1.54) is 12.8 Å². The lowest BCUT2D eigenvalue weighted by molar-refractivity contribution is 0.201. The molecular formula is C16H25FN2. The Labute approximate surface area is 116 Å². The molecule has 1 aromatic carbocycles. The third-order valence-corrected chi connectivity index (χ3v) is 3.78. The third kappa shape index (κ3) is 4.29. The summed E-state index contributed by atoms with van der Waals surface area (Å²) in [6, 6.07) is 5.91. The van der Waals surface area contributed by atoms with Crippen molar-refractivity contribution in [2.45, 2.75) is 45.8 Å². The molecule has 0 radical (unpaired) electrons. The predicted molar refractivity (Wildman–Crippen MR) is 77.4 cm³/mol. The summed E-state index contributed by atoms with van der Waals surface area (Å²) in [4.78, 5) is 2.39. The van der Waals surface area contributed by atoms with Crippen molar-refractivity contribution in [2.75, 3.05) is 13.6 Å². The van der Waals surface area contributed by atoms with Crippen molar-refractivity contribution in [1.29, 1.82) is 0 Å². The van der Waals surface area contributed by atoms with Crippen LogP contribution < -0.4 is 5.32 Å².